The summed E-state index contributed by atoms with van der Waals surface area (Å²) in [6.07, 6.45) is 3.06. The van der Waals surface area contributed by atoms with Crippen LogP contribution in [-0.4, -0.2) is 30.1 Å². The van der Waals surface area contributed by atoms with Gasteiger partial charge in [0.15, 0.2) is 0 Å². The minimum Gasteiger partial charge on any atom is -0.468 e. The molecule has 3 atom stereocenters. The number of rotatable bonds is 5. The van der Waals surface area contributed by atoms with Crippen LogP contribution in [-0.2, 0) is 6.54 Å². The molecule has 2 rings (SSSR count). The Balaban J connectivity index is 1.72. The van der Waals surface area contributed by atoms with E-state index in [1.54, 1.807) is 6.26 Å². The van der Waals surface area contributed by atoms with Crippen LogP contribution in [0.2, 0.25) is 0 Å². The SMILES string of the molecule is CC1CC(C)N(C(C)CNCc2ccco2)C1. The Hall–Kier alpha value is -0.800. The first-order valence-corrected chi connectivity index (χ1v) is 6.65. The summed E-state index contributed by atoms with van der Waals surface area (Å²) in [5.74, 6) is 1.86. The fraction of sp³-hybridized carbons (Fsp3) is 0.714. The van der Waals surface area contributed by atoms with Crippen LogP contribution in [0.5, 0.6) is 0 Å². The molecule has 0 saturated carbocycles. The molecule has 17 heavy (non-hydrogen) atoms. The molecular weight excluding hydrogens is 212 g/mol. The van der Waals surface area contributed by atoms with Crippen molar-refractivity contribution < 1.29 is 4.42 Å². The first kappa shape index (κ1) is 12.7. The summed E-state index contributed by atoms with van der Waals surface area (Å²) in [5, 5.41) is 3.46. The summed E-state index contributed by atoms with van der Waals surface area (Å²) in [5.41, 5.74) is 0. The van der Waals surface area contributed by atoms with Gasteiger partial charge in [0.25, 0.3) is 0 Å². The highest BCUT2D eigenvalue weighted by molar-refractivity contribution is 4.97. The summed E-state index contributed by atoms with van der Waals surface area (Å²) in [6, 6.07) is 5.28. The molecule has 3 heteroatoms. The Bertz CT molecular complexity index is 323. The van der Waals surface area contributed by atoms with Crippen LogP contribution in [0.1, 0.15) is 33.0 Å². The molecule has 0 aromatic carbocycles. The molecule has 0 radical (unpaired) electrons. The van der Waals surface area contributed by atoms with Crippen molar-refractivity contribution in [2.75, 3.05) is 13.1 Å². The first-order chi connectivity index (χ1) is 8.16. The highest BCUT2D eigenvalue weighted by Gasteiger charge is 2.29. The van der Waals surface area contributed by atoms with Gasteiger partial charge < -0.3 is 9.73 Å². The third kappa shape index (κ3) is 3.33. The molecule has 1 aromatic rings. The average Bonchev–Trinajstić information content (AvgIpc) is 2.88. The fourth-order valence-corrected chi connectivity index (χ4v) is 2.88. The highest BCUT2D eigenvalue weighted by atomic mass is 16.3. The van der Waals surface area contributed by atoms with Gasteiger partial charge in [-0.25, -0.2) is 0 Å². The maximum atomic E-state index is 5.30. The van der Waals surface area contributed by atoms with E-state index in [0.717, 1.165) is 30.8 Å². The minimum absolute atomic E-state index is 0.602. The van der Waals surface area contributed by atoms with Gasteiger partial charge in [-0.1, -0.05) is 6.92 Å². The van der Waals surface area contributed by atoms with Gasteiger partial charge >= 0.3 is 0 Å². The molecule has 2 heterocycles. The smallest absolute Gasteiger partial charge is 0.117 e. The lowest BCUT2D eigenvalue weighted by molar-refractivity contribution is 0.194. The molecule has 96 valence electrons. The lowest BCUT2D eigenvalue weighted by atomic mass is 10.1. The molecule has 0 bridgehead atoms. The van der Waals surface area contributed by atoms with Crippen molar-refractivity contribution in [2.24, 2.45) is 5.92 Å². The second-order valence-corrected chi connectivity index (χ2v) is 5.45. The molecule has 3 unspecified atom stereocenters. The van der Waals surface area contributed by atoms with Gasteiger partial charge in [-0.3, -0.25) is 4.90 Å². The zero-order valence-electron chi connectivity index (χ0n) is 11.1. The number of nitrogens with one attached hydrogen (secondary N) is 1. The van der Waals surface area contributed by atoms with Crippen LogP contribution < -0.4 is 5.32 Å². The lowest BCUT2D eigenvalue weighted by Crippen LogP contribution is -2.42. The van der Waals surface area contributed by atoms with Crippen LogP contribution in [0.25, 0.3) is 0 Å². The quantitative estimate of drug-likeness (QED) is 0.851. The zero-order valence-corrected chi connectivity index (χ0v) is 11.1. The summed E-state index contributed by atoms with van der Waals surface area (Å²) in [4.78, 5) is 2.61. The number of furan rings is 1. The molecule has 1 N–H and O–H groups in total. The van der Waals surface area contributed by atoms with Crippen molar-refractivity contribution in [3.63, 3.8) is 0 Å². The Morgan fingerprint density at radius 1 is 1.53 bits per heavy atom. The monoisotopic (exact) mass is 236 g/mol. The van der Waals surface area contributed by atoms with Gasteiger partial charge in [-0.15, -0.1) is 0 Å². The summed E-state index contributed by atoms with van der Waals surface area (Å²) in [6.45, 7) is 10.1. The number of hydrogen-bond donors (Lipinski definition) is 1. The fourth-order valence-electron chi connectivity index (χ4n) is 2.88. The Labute approximate surface area is 104 Å². The lowest BCUT2D eigenvalue weighted by Gasteiger charge is -2.28. The molecule has 1 fully saturated rings. The van der Waals surface area contributed by atoms with E-state index < -0.39 is 0 Å². The van der Waals surface area contributed by atoms with Crippen molar-refractivity contribution in [1.82, 2.24) is 10.2 Å². The Morgan fingerprint density at radius 3 is 2.94 bits per heavy atom. The van der Waals surface area contributed by atoms with Crippen LogP contribution in [0.4, 0.5) is 0 Å². The van der Waals surface area contributed by atoms with Gasteiger partial charge in [0.2, 0.25) is 0 Å². The number of hydrogen-bond acceptors (Lipinski definition) is 3. The van der Waals surface area contributed by atoms with Crippen molar-refractivity contribution in [3.8, 4) is 0 Å². The number of nitrogens with zero attached hydrogens (tertiary/aromatic N) is 1. The summed E-state index contributed by atoms with van der Waals surface area (Å²) < 4.78 is 5.30. The molecule has 0 spiro atoms. The molecule has 1 aliphatic rings. The van der Waals surface area contributed by atoms with E-state index in [0.29, 0.717) is 6.04 Å². The molecule has 0 aliphatic carbocycles. The summed E-state index contributed by atoms with van der Waals surface area (Å²) in [7, 11) is 0. The van der Waals surface area contributed by atoms with Gasteiger partial charge in [0.1, 0.15) is 5.76 Å². The van der Waals surface area contributed by atoms with Gasteiger partial charge in [-0.05, 0) is 38.3 Å². The summed E-state index contributed by atoms with van der Waals surface area (Å²) >= 11 is 0. The van der Waals surface area contributed by atoms with Crippen molar-refractivity contribution in [2.45, 2.75) is 45.8 Å². The predicted molar refractivity (Wildman–Crippen MR) is 69.8 cm³/mol. The largest absolute Gasteiger partial charge is 0.468 e. The van der Waals surface area contributed by atoms with E-state index in [4.69, 9.17) is 4.42 Å². The van der Waals surface area contributed by atoms with E-state index in [1.165, 1.54) is 13.0 Å². The standard InChI is InChI=1S/C14H24N2O/c1-11-7-12(2)16(10-11)13(3)8-15-9-14-5-4-6-17-14/h4-6,11-13,15H,7-10H2,1-3H3. The highest BCUT2D eigenvalue weighted by Crippen LogP contribution is 2.24. The zero-order chi connectivity index (χ0) is 12.3. The molecule has 1 saturated heterocycles. The molecule has 1 aromatic heterocycles. The minimum atomic E-state index is 0.602. The van der Waals surface area contributed by atoms with E-state index in [9.17, 15) is 0 Å². The van der Waals surface area contributed by atoms with Gasteiger partial charge in [0.05, 0.1) is 12.8 Å². The van der Waals surface area contributed by atoms with Crippen molar-refractivity contribution >= 4 is 0 Å². The maximum Gasteiger partial charge on any atom is 0.117 e. The van der Waals surface area contributed by atoms with Crippen molar-refractivity contribution in [3.05, 3.63) is 24.2 Å². The second-order valence-electron chi connectivity index (χ2n) is 5.45. The topological polar surface area (TPSA) is 28.4 Å². The molecule has 0 amide bonds. The van der Waals surface area contributed by atoms with E-state index in [-0.39, 0.29) is 0 Å². The van der Waals surface area contributed by atoms with Crippen LogP contribution >= 0.6 is 0 Å². The van der Waals surface area contributed by atoms with E-state index in [1.807, 2.05) is 12.1 Å². The predicted octanol–water partition coefficient (Wildman–Crippen LogP) is 2.49. The third-order valence-corrected chi connectivity index (χ3v) is 3.72. The molecular formula is C14H24N2O. The Morgan fingerprint density at radius 2 is 2.35 bits per heavy atom. The first-order valence-electron chi connectivity index (χ1n) is 6.65. The normalized spacial score (nSPS) is 27.5. The molecule has 3 nitrogen and oxygen atoms in total. The third-order valence-electron chi connectivity index (χ3n) is 3.72. The molecule has 1 aliphatic heterocycles. The second kappa shape index (κ2) is 5.69. The Kier molecular flexibility index (Phi) is 4.24. The van der Waals surface area contributed by atoms with Gasteiger partial charge in [-0.2, -0.15) is 0 Å². The van der Waals surface area contributed by atoms with Crippen LogP contribution in [0.3, 0.4) is 0 Å². The van der Waals surface area contributed by atoms with Crippen LogP contribution in [0.15, 0.2) is 22.8 Å². The number of likely N-dealkylation sites (tertiary alicyclic amines) is 1. The average molecular weight is 236 g/mol. The van der Waals surface area contributed by atoms with Gasteiger partial charge in [0, 0.05) is 25.2 Å². The van der Waals surface area contributed by atoms with E-state index in [2.05, 4.69) is 31.0 Å². The maximum absolute atomic E-state index is 5.30. The van der Waals surface area contributed by atoms with Crippen molar-refractivity contribution in [1.29, 1.82) is 0 Å². The van der Waals surface area contributed by atoms with Crippen LogP contribution in [0, 0.1) is 5.92 Å². The van der Waals surface area contributed by atoms with E-state index >= 15 is 0 Å².